The molecule has 9 heteroatoms. The van der Waals surface area contributed by atoms with Crippen LogP contribution in [0.3, 0.4) is 0 Å². The molecule has 1 saturated carbocycles. The predicted octanol–water partition coefficient (Wildman–Crippen LogP) is 4.60. The second kappa shape index (κ2) is 13.1. The number of aryl methyl sites for hydroxylation is 1. The Morgan fingerprint density at radius 2 is 1.57 bits per heavy atom. The van der Waals surface area contributed by atoms with E-state index in [0.29, 0.717) is 5.69 Å². The minimum Gasteiger partial charge on any atom is -0.352 e. The van der Waals surface area contributed by atoms with Crippen LogP contribution in [0.25, 0.3) is 0 Å². The van der Waals surface area contributed by atoms with E-state index in [1.165, 1.54) is 11.0 Å². The van der Waals surface area contributed by atoms with Crippen molar-refractivity contribution in [2.24, 2.45) is 0 Å². The molecule has 0 aliphatic heterocycles. The summed E-state index contributed by atoms with van der Waals surface area (Å²) in [6, 6.07) is 21.3. The maximum absolute atomic E-state index is 14.8. The molecule has 212 valence electrons. The van der Waals surface area contributed by atoms with E-state index in [2.05, 4.69) is 5.32 Å². The van der Waals surface area contributed by atoms with E-state index in [-0.39, 0.29) is 30.5 Å². The van der Waals surface area contributed by atoms with E-state index < -0.39 is 34.3 Å². The highest BCUT2D eigenvalue weighted by atomic mass is 32.2. The number of halogens is 1. The van der Waals surface area contributed by atoms with Crippen LogP contribution in [0.5, 0.6) is 0 Å². The summed E-state index contributed by atoms with van der Waals surface area (Å²) in [5.41, 5.74) is 2.35. The summed E-state index contributed by atoms with van der Waals surface area (Å²) in [7, 11) is -3.85. The topological polar surface area (TPSA) is 86.8 Å². The summed E-state index contributed by atoms with van der Waals surface area (Å²) < 4.78 is 41.5. The first-order valence-electron chi connectivity index (χ1n) is 13.5. The van der Waals surface area contributed by atoms with Gasteiger partial charge in [0.2, 0.25) is 21.8 Å². The molecular weight excluding hydrogens is 529 g/mol. The summed E-state index contributed by atoms with van der Waals surface area (Å²) in [5, 5.41) is 3.10. The largest absolute Gasteiger partial charge is 0.352 e. The first-order valence-corrected chi connectivity index (χ1v) is 15.4. The van der Waals surface area contributed by atoms with Gasteiger partial charge in [0.15, 0.2) is 0 Å². The second-order valence-electron chi connectivity index (χ2n) is 10.4. The smallest absolute Gasteiger partial charge is 0.244 e. The fraction of sp³-hybridized carbons (Fsp3) is 0.355. The third-order valence-corrected chi connectivity index (χ3v) is 8.41. The maximum Gasteiger partial charge on any atom is 0.244 e. The lowest BCUT2D eigenvalue weighted by Crippen LogP contribution is -2.54. The van der Waals surface area contributed by atoms with Crippen molar-refractivity contribution >= 4 is 27.5 Å². The van der Waals surface area contributed by atoms with Crippen LogP contribution >= 0.6 is 0 Å². The van der Waals surface area contributed by atoms with Crippen molar-refractivity contribution in [2.75, 3.05) is 17.1 Å². The first-order chi connectivity index (χ1) is 19.1. The molecule has 0 saturated heterocycles. The summed E-state index contributed by atoms with van der Waals surface area (Å²) in [5.74, 6) is -1.44. The van der Waals surface area contributed by atoms with Crippen molar-refractivity contribution in [1.82, 2.24) is 10.2 Å². The number of nitrogens with zero attached hydrogens (tertiary/aromatic N) is 2. The Morgan fingerprint density at radius 1 is 0.950 bits per heavy atom. The van der Waals surface area contributed by atoms with Crippen LogP contribution in [0.1, 0.15) is 42.4 Å². The molecule has 1 fully saturated rings. The molecule has 0 heterocycles. The zero-order chi connectivity index (χ0) is 28.7. The number of benzene rings is 3. The molecule has 1 N–H and O–H groups in total. The number of hydrogen-bond acceptors (Lipinski definition) is 4. The number of amides is 2. The maximum atomic E-state index is 14.8. The Labute approximate surface area is 236 Å². The molecule has 0 aromatic heterocycles. The molecule has 3 aromatic carbocycles. The average Bonchev–Trinajstić information content (AvgIpc) is 3.44. The van der Waals surface area contributed by atoms with Gasteiger partial charge in [-0.3, -0.25) is 13.9 Å². The normalized spacial score (nSPS) is 14.5. The number of sulfonamides is 1. The minimum atomic E-state index is -3.85. The SMILES string of the molecule is Cc1ccc(N(CC(=O)N(Cc2ccccc2F)[C@@H](Cc2ccccc2)C(=O)NC2CCCC2)S(C)(=O)=O)cc1. The van der Waals surface area contributed by atoms with Crippen molar-refractivity contribution in [1.29, 1.82) is 0 Å². The lowest BCUT2D eigenvalue weighted by Gasteiger charge is -2.34. The molecule has 1 aliphatic carbocycles. The highest BCUT2D eigenvalue weighted by Gasteiger charge is 2.34. The molecule has 3 aromatic rings. The van der Waals surface area contributed by atoms with Gasteiger partial charge >= 0.3 is 0 Å². The number of anilines is 1. The summed E-state index contributed by atoms with van der Waals surface area (Å²) >= 11 is 0. The zero-order valence-corrected chi connectivity index (χ0v) is 23.7. The molecule has 0 bridgehead atoms. The van der Waals surface area contributed by atoms with Crippen LogP contribution in [-0.2, 0) is 32.6 Å². The molecule has 4 rings (SSSR count). The average molecular weight is 566 g/mol. The number of carbonyl (C=O) groups excluding carboxylic acids is 2. The lowest BCUT2D eigenvalue weighted by atomic mass is 10.0. The van der Waals surface area contributed by atoms with Crippen molar-refractivity contribution < 1.29 is 22.4 Å². The fourth-order valence-electron chi connectivity index (χ4n) is 5.06. The quantitative estimate of drug-likeness (QED) is 0.368. The number of nitrogens with one attached hydrogen (secondary N) is 1. The van der Waals surface area contributed by atoms with Gasteiger partial charge in [-0.1, -0.05) is 79.1 Å². The molecular formula is C31H36FN3O4S. The molecule has 0 radical (unpaired) electrons. The second-order valence-corrected chi connectivity index (χ2v) is 12.3. The first kappa shape index (κ1) is 29.3. The van der Waals surface area contributed by atoms with Crippen LogP contribution in [0.15, 0.2) is 78.9 Å². The van der Waals surface area contributed by atoms with Crippen LogP contribution in [0, 0.1) is 12.7 Å². The van der Waals surface area contributed by atoms with Gasteiger partial charge in [0.05, 0.1) is 11.9 Å². The molecule has 0 unspecified atom stereocenters. The lowest BCUT2D eigenvalue weighted by molar-refractivity contribution is -0.140. The van der Waals surface area contributed by atoms with Crippen molar-refractivity contribution in [3.63, 3.8) is 0 Å². The number of hydrogen-bond donors (Lipinski definition) is 1. The van der Waals surface area contributed by atoms with E-state index in [9.17, 15) is 22.4 Å². The van der Waals surface area contributed by atoms with E-state index in [1.807, 2.05) is 37.3 Å². The summed E-state index contributed by atoms with van der Waals surface area (Å²) in [6.45, 7) is 1.16. The standard InChI is InChI=1S/C31H36FN3O4S/c1-23-16-18-27(19-17-23)35(40(2,38)39)22-30(36)34(21-25-12-6-9-15-28(25)32)29(20-24-10-4-3-5-11-24)31(37)33-26-13-7-8-14-26/h3-6,9-12,15-19,26,29H,7-8,13-14,20-22H2,1-2H3,(H,33,37)/t29-/m0/s1. The zero-order valence-electron chi connectivity index (χ0n) is 22.9. The third-order valence-electron chi connectivity index (χ3n) is 7.27. The van der Waals surface area contributed by atoms with Crippen LogP contribution in [0.2, 0.25) is 0 Å². The van der Waals surface area contributed by atoms with Gasteiger partial charge in [-0.15, -0.1) is 0 Å². The minimum absolute atomic E-state index is 0.0104. The van der Waals surface area contributed by atoms with Gasteiger partial charge < -0.3 is 10.2 Å². The highest BCUT2D eigenvalue weighted by Crippen LogP contribution is 2.23. The summed E-state index contributed by atoms with van der Waals surface area (Å²) in [4.78, 5) is 29.2. The number of carbonyl (C=O) groups is 2. The molecule has 1 aliphatic rings. The Bertz CT molecular complexity index is 1410. The van der Waals surface area contributed by atoms with E-state index >= 15 is 0 Å². The number of rotatable bonds is 11. The Hall–Kier alpha value is -3.72. The van der Waals surface area contributed by atoms with Crippen molar-refractivity contribution in [2.45, 2.75) is 57.7 Å². The van der Waals surface area contributed by atoms with E-state index in [4.69, 9.17) is 0 Å². The Balaban J connectivity index is 1.72. The molecule has 0 spiro atoms. The molecule has 40 heavy (non-hydrogen) atoms. The van der Waals surface area contributed by atoms with Gasteiger partial charge in [0, 0.05) is 24.6 Å². The van der Waals surface area contributed by atoms with Crippen LogP contribution in [-0.4, -0.2) is 50.0 Å². The van der Waals surface area contributed by atoms with Gasteiger partial charge in [0.1, 0.15) is 18.4 Å². The molecule has 7 nitrogen and oxygen atoms in total. The Morgan fingerprint density at radius 3 is 2.20 bits per heavy atom. The predicted molar refractivity (Wildman–Crippen MR) is 155 cm³/mol. The van der Waals surface area contributed by atoms with Crippen molar-refractivity contribution in [3.8, 4) is 0 Å². The highest BCUT2D eigenvalue weighted by molar-refractivity contribution is 7.92. The van der Waals surface area contributed by atoms with Gasteiger partial charge in [-0.25, -0.2) is 12.8 Å². The molecule has 1 atom stereocenters. The fourth-order valence-corrected chi connectivity index (χ4v) is 5.91. The van der Waals surface area contributed by atoms with Gasteiger partial charge in [-0.05, 0) is 43.5 Å². The van der Waals surface area contributed by atoms with Gasteiger partial charge in [0.25, 0.3) is 0 Å². The van der Waals surface area contributed by atoms with Gasteiger partial charge in [-0.2, -0.15) is 0 Å². The van der Waals surface area contributed by atoms with Crippen LogP contribution < -0.4 is 9.62 Å². The third kappa shape index (κ3) is 7.69. The monoisotopic (exact) mass is 565 g/mol. The van der Waals surface area contributed by atoms with Crippen molar-refractivity contribution in [3.05, 3.63) is 101 Å². The van der Waals surface area contributed by atoms with E-state index in [0.717, 1.165) is 47.4 Å². The Kier molecular flexibility index (Phi) is 9.58. The molecule has 2 amide bonds. The van der Waals surface area contributed by atoms with Crippen LogP contribution in [0.4, 0.5) is 10.1 Å². The summed E-state index contributed by atoms with van der Waals surface area (Å²) in [6.07, 6.45) is 5.00. The van der Waals surface area contributed by atoms with E-state index in [1.54, 1.807) is 42.5 Å².